The Labute approximate surface area is 181 Å². The number of nitro benzene ring substituents is 1. The zero-order chi connectivity index (χ0) is 19.9. The van der Waals surface area contributed by atoms with Gasteiger partial charge in [0.15, 0.2) is 5.96 Å². The molecule has 0 radical (unpaired) electrons. The maximum atomic E-state index is 10.6. The molecule has 0 saturated heterocycles. The van der Waals surface area contributed by atoms with Gasteiger partial charge in [0.25, 0.3) is 5.69 Å². The Bertz CT molecular complexity index is 783. The Balaban J connectivity index is 0.00000392. The van der Waals surface area contributed by atoms with E-state index in [-0.39, 0.29) is 35.1 Å². The van der Waals surface area contributed by atoms with Crippen LogP contribution in [0.25, 0.3) is 0 Å². The SMILES string of the molecule is CN=C(NCCNc1ccc([N+](=O)[O-])cc1)NCc1ncc(C(C)(C)C)o1.I. The van der Waals surface area contributed by atoms with Crippen LogP contribution in [-0.2, 0) is 12.0 Å². The standard InChI is InChI=1S/C18H26N6O3.HI/c1-18(2,3)15-11-22-16(27-15)12-23-17(19-4)21-10-9-20-13-5-7-14(8-6-13)24(25)26;/h5-8,11,20H,9-10,12H2,1-4H3,(H2,19,21,23);1H. The van der Waals surface area contributed by atoms with E-state index in [1.165, 1.54) is 12.1 Å². The third-order valence-electron chi connectivity index (χ3n) is 3.75. The number of aromatic nitrogens is 1. The average Bonchev–Trinajstić information content (AvgIpc) is 3.11. The smallest absolute Gasteiger partial charge is 0.269 e. The Morgan fingerprint density at radius 3 is 2.43 bits per heavy atom. The third-order valence-corrected chi connectivity index (χ3v) is 3.75. The van der Waals surface area contributed by atoms with Crippen molar-refractivity contribution in [2.24, 2.45) is 4.99 Å². The maximum Gasteiger partial charge on any atom is 0.269 e. The van der Waals surface area contributed by atoms with Crippen LogP contribution < -0.4 is 16.0 Å². The summed E-state index contributed by atoms with van der Waals surface area (Å²) in [6, 6.07) is 6.30. The molecule has 0 saturated carbocycles. The van der Waals surface area contributed by atoms with Crippen molar-refractivity contribution in [3.8, 4) is 0 Å². The minimum absolute atomic E-state index is 0. The van der Waals surface area contributed by atoms with Crippen molar-refractivity contribution < 1.29 is 9.34 Å². The van der Waals surface area contributed by atoms with Crippen molar-refractivity contribution >= 4 is 41.3 Å². The molecule has 10 heteroatoms. The topological polar surface area (TPSA) is 118 Å². The summed E-state index contributed by atoms with van der Waals surface area (Å²) in [5, 5.41) is 20.1. The molecule has 28 heavy (non-hydrogen) atoms. The summed E-state index contributed by atoms with van der Waals surface area (Å²) in [5.41, 5.74) is 0.818. The lowest BCUT2D eigenvalue weighted by Crippen LogP contribution is -2.39. The van der Waals surface area contributed by atoms with Crippen molar-refractivity contribution in [2.75, 3.05) is 25.5 Å². The van der Waals surface area contributed by atoms with Crippen LogP contribution in [0.2, 0.25) is 0 Å². The molecule has 1 heterocycles. The van der Waals surface area contributed by atoms with Gasteiger partial charge in [-0.05, 0) is 12.1 Å². The lowest BCUT2D eigenvalue weighted by Gasteiger charge is -2.13. The molecule has 3 N–H and O–H groups in total. The number of oxazole rings is 1. The molecule has 0 aliphatic heterocycles. The van der Waals surface area contributed by atoms with Gasteiger partial charge in [-0.1, -0.05) is 20.8 Å². The molecule has 0 amide bonds. The summed E-state index contributed by atoms with van der Waals surface area (Å²) in [5.74, 6) is 2.08. The molecular formula is C18H27IN6O3. The van der Waals surface area contributed by atoms with Gasteiger partial charge in [-0.25, -0.2) is 4.98 Å². The fraction of sp³-hybridized carbons (Fsp3) is 0.444. The van der Waals surface area contributed by atoms with Crippen LogP contribution in [0.1, 0.15) is 32.4 Å². The van der Waals surface area contributed by atoms with E-state index in [9.17, 15) is 10.1 Å². The molecule has 0 bridgehead atoms. The zero-order valence-electron chi connectivity index (χ0n) is 16.5. The molecule has 2 rings (SSSR count). The molecule has 9 nitrogen and oxygen atoms in total. The second-order valence-corrected chi connectivity index (χ2v) is 6.95. The van der Waals surface area contributed by atoms with Gasteiger partial charge in [-0.15, -0.1) is 24.0 Å². The highest BCUT2D eigenvalue weighted by Crippen LogP contribution is 2.22. The molecule has 1 aromatic heterocycles. The number of hydrogen-bond donors (Lipinski definition) is 3. The summed E-state index contributed by atoms with van der Waals surface area (Å²) < 4.78 is 5.74. The number of non-ortho nitro benzene ring substituents is 1. The molecule has 0 atom stereocenters. The minimum Gasteiger partial charge on any atom is -0.443 e. The zero-order valence-corrected chi connectivity index (χ0v) is 18.8. The maximum absolute atomic E-state index is 10.6. The van der Waals surface area contributed by atoms with Crippen molar-refractivity contribution in [3.63, 3.8) is 0 Å². The van der Waals surface area contributed by atoms with Gasteiger partial charge in [-0.2, -0.15) is 0 Å². The third kappa shape index (κ3) is 7.33. The van der Waals surface area contributed by atoms with Crippen LogP contribution in [0.4, 0.5) is 11.4 Å². The normalized spacial score (nSPS) is 11.5. The summed E-state index contributed by atoms with van der Waals surface area (Å²) in [4.78, 5) is 18.7. The van der Waals surface area contributed by atoms with Crippen molar-refractivity contribution in [1.29, 1.82) is 0 Å². The number of halogens is 1. The second-order valence-electron chi connectivity index (χ2n) is 6.95. The van der Waals surface area contributed by atoms with Crippen LogP contribution >= 0.6 is 24.0 Å². The van der Waals surface area contributed by atoms with Crippen molar-refractivity contribution in [1.82, 2.24) is 15.6 Å². The molecule has 154 valence electrons. The Hall–Kier alpha value is -2.37. The molecule has 1 aromatic carbocycles. The highest BCUT2D eigenvalue weighted by atomic mass is 127. The number of rotatable bonds is 7. The fourth-order valence-electron chi connectivity index (χ4n) is 2.21. The predicted molar refractivity (Wildman–Crippen MR) is 120 cm³/mol. The van der Waals surface area contributed by atoms with Gasteiger partial charge in [0.05, 0.1) is 17.7 Å². The van der Waals surface area contributed by atoms with E-state index in [1.807, 2.05) is 0 Å². The number of benzene rings is 1. The van der Waals surface area contributed by atoms with Gasteiger partial charge < -0.3 is 20.4 Å². The first-order valence-electron chi connectivity index (χ1n) is 8.67. The second kappa shape index (κ2) is 10.8. The Morgan fingerprint density at radius 1 is 1.21 bits per heavy atom. The number of aliphatic imine (C=N–C) groups is 1. The predicted octanol–water partition coefficient (Wildman–Crippen LogP) is 3.28. The van der Waals surface area contributed by atoms with E-state index in [1.54, 1.807) is 25.4 Å². The van der Waals surface area contributed by atoms with Gasteiger partial charge in [0, 0.05) is 43.4 Å². The molecule has 0 unspecified atom stereocenters. The van der Waals surface area contributed by atoms with Crippen LogP contribution in [0.15, 0.2) is 39.9 Å². The summed E-state index contributed by atoms with van der Waals surface area (Å²) >= 11 is 0. The molecule has 0 spiro atoms. The minimum atomic E-state index is -0.417. The van der Waals surface area contributed by atoms with Crippen molar-refractivity contribution in [2.45, 2.75) is 32.7 Å². The van der Waals surface area contributed by atoms with E-state index >= 15 is 0 Å². The first-order valence-corrected chi connectivity index (χ1v) is 8.67. The number of nitro groups is 1. The number of anilines is 1. The summed E-state index contributed by atoms with van der Waals surface area (Å²) in [6.07, 6.45) is 1.75. The quantitative estimate of drug-likeness (QED) is 0.133. The van der Waals surface area contributed by atoms with Crippen LogP contribution in [-0.4, -0.2) is 36.0 Å². The fourth-order valence-corrected chi connectivity index (χ4v) is 2.21. The van der Waals surface area contributed by atoms with E-state index in [2.05, 4.69) is 46.7 Å². The van der Waals surface area contributed by atoms with Crippen molar-refractivity contribution in [3.05, 3.63) is 52.2 Å². The molecule has 0 aliphatic rings. The van der Waals surface area contributed by atoms with Crippen LogP contribution in [0.5, 0.6) is 0 Å². The number of nitrogens with one attached hydrogen (secondary N) is 3. The Morgan fingerprint density at radius 2 is 1.89 bits per heavy atom. The largest absolute Gasteiger partial charge is 0.443 e. The van der Waals surface area contributed by atoms with Gasteiger partial charge in [-0.3, -0.25) is 15.1 Å². The van der Waals surface area contributed by atoms with Crippen LogP contribution in [0, 0.1) is 10.1 Å². The molecule has 0 aliphatic carbocycles. The first-order chi connectivity index (χ1) is 12.8. The summed E-state index contributed by atoms with van der Waals surface area (Å²) in [6.45, 7) is 7.90. The van der Waals surface area contributed by atoms with Gasteiger partial charge in [0.1, 0.15) is 5.76 Å². The molecule has 2 aromatic rings. The van der Waals surface area contributed by atoms with E-state index in [0.717, 1.165) is 11.4 Å². The molecular weight excluding hydrogens is 475 g/mol. The highest BCUT2D eigenvalue weighted by Gasteiger charge is 2.19. The monoisotopic (exact) mass is 502 g/mol. The summed E-state index contributed by atoms with van der Waals surface area (Å²) in [7, 11) is 1.69. The lowest BCUT2D eigenvalue weighted by molar-refractivity contribution is -0.384. The van der Waals surface area contributed by atoms with E-state index in [4.69, 9.17) is 4.42 Å². The number of nitrogens with zero attached hydrogens (tertiary/aromatic N) is 3. The number of guanidine groups is 1. The molecule has 0 fully saturated rings. The average molecular weight is 502 g/mol. The van der Waals surface area contributed by atoms with Gasteiger partial charge in [0.2, 0.25) is 5.89 Å². The Kier molecular flexibility index (Phi) is 9.16. The van der Waals surface area contributed by atoms with E-state index in [0.29, 0.717) is 31.5 Å². The van der Waals surface area contributed by atoms with Crippen LogP contribution in [0.3, 0.4) is 0 Å². The highest BCUT2D eigenvalue weighted by molar-refractivity contribution is 14.0. The van der Waals surface area contributed by atoms with E-state index < -0.39 is 4.92 Å². The lowest BCUT2D eigenvalue weighted by atomic mass is 9.94. The first kappa shape index (κ1) is 23.7. The van der Waals surface area contributed by atoms with Gasteiger partial charge >= 0.3 is 0 Å². The number of hydrogen-bond acceptors (Lipinski definition) is 6.